The fourth-order valence-electron chi connectivity index (χ4n) is 2.72. The molecule has 0 amide bonds. The van der Waals surface area contributed by atoms with E-state index in [9.17, 15) is 15.2 Å². The molecular formula is C18H14N2O2S2. The molecule has 0 aliphatic carbocycles. The van der Waals surface area contributed by atoms with E-state index in [2.05, 4.69) is 17.5 Å². The summed E-state index contributed by atoms with van der Waals surface area (Å²) in [4.78, 5) is 14.0. The number of carboxylic acids is 1. The van der Waals surface area contributed by atoms with E-state index in [0.717, 1.165) is 11.1 Å². The van der Waals surface area contributed by atoms with E-state index < -0.39 is 5.97 Å². The Morgan fingerprint density at radius 2 is 1.92 bits per heavy atom. The lowest BCUT2D eigenvalue weighted by Crippen LogP contribution is -2.05. The topological polar surface area (TPSA) is 66.0 Å². The van der Waals surface area contributed by atoms with Crippen LogP contribution in [0.15, 0.2) is 46.8 Å². The van der Waals surface area contributed by atoms with Crippen molar-refractivity contribution in [3.8, 4) is 27.6 Å². The van der Waals surface area contributed by atoms with Gasteiger partial charge < -0.3 is 9.67 Å². The van der Waals surface area contributed by atoms with Crippen molar-refractivity contribution in [1.29, 1.82) is 5.26 Å². The number of nitrogens with zero attached hydrogens (tertiary/aromatic N) is 2. The Hall–Kier alpha value is -2.49. The number of thiophene rings is 1. The second kappa shape index (κ2) is 6.56. The number of hydrogen-bond acceptors (Lipinski definition) is 4. The minimum Gasteiger partial charge on any atom is -0.477 e. The summed E-state index contributed by atoms with van der Waals surface area (Å²) in [7, 11) is 1.64. The summed E-state index contributed by atoms with van der Waals surface area (Å²) in [5.74, 6) is -1.04. The molecule has 0 spiro atoms. The normalized spacial score (nSPS) is 10.5. The molecule has 3 rings (SSSR count). The molecular weight excluding hydrogens is 340 g/mol. The van der Waals surface area contributed by atoms with Crippen molar-refractivity contribution in [2.45, 2.75) is 4.90 Å². The highest BCUT2D eigenvalue weighted by molar-refractivity contribution is 7.98. The van der Waals surface area contributed by atoms with Crippen LogP contribution in [-0.4, -0.2) is 21.9 Å². The lowest BCUT2D eigenvalue weighted by molar-refractivity contribution is 0.0687. The Bertz CT molecular complexity index is 947. The second-order valence-electron chi connectivity index (χ2n) is 5.19. The first-order valence-electron chi connectivity index (χ1n) is 7.11. The molecule has 6 heteroatoms. The van der Waals surface area contributed by atoms with Gasteiger partial charge in [0.25, 0.3) is 0 Å². The highest BCUT2D eigenvalue weighted by Gasteiger charge is 2.21. The van der Waals surface area contributed by atoms with E-state index in [1.54, 1.807) is 36.3 Å². The third kappa shape index (κ3) is 2.73. The summed E-state index contributed by atoms with van der Waals surface area (Å²) in [5, 5.41) is 20.8. The van der Waals surface area contributed by atoms with Gasteiger partial charge in [-0.05, 0) is 28.8 Å². The number of benzene rings is 1. The lowest BCUT2D eigenvalue weighted by Gasteiger charge is -2.06. The van der Waals surface area contributed by atoms with Crippen molar-refractivity contribution in [2.75, 3.05) is 6.26 Å². The summed E-state index contributed by atoms with van der Waals surface area (Å²) in [6.45, 7) is 0. The first-order valence-corrected chi connectivity index (χ1v) is 9.22. The van der Waals surface area contributed by atoms with Crippen LogP contribution in [0.5, 0.6) is 0 Å². The highest BCUT2D eigenvalue weighted by atomic mass is 32.2. The average Bonchev–Trinajstić information content (AvgIpc) is 3.18. The molecule has 0 saturated heterocycles. The Morgan fingerprint density at radius 3 is 2.50 bits per heavy atom. The van der Waals surface area contributed by atoms with Gasteiger partial charge in [-0.15, -0.1) is 23.1 Å². The minimum absolute atomic E-state index is 0.125. The van der Waals surface area contributed by atoms with Crippen LogP contribution in [-0.2, 0) is 7.05 Å². The highest BCUT2D eigenvalue weighted by Crippen LogP contribution is 2.37. The van der Waals surface area contributed by atoms with Crippen molar-refractivity contribution >= 4 is 29.1 Å². The zero-order chi connectivity index (χ0) is 17.3. The number of rotatable bonds is 4. The van der Waals surface area contributed by atoms with Crippen LogP contribution in [0.4, 0.5) is 0 Å². The smallest absolute Gasteiger partial charge is 0.353 e. The Kier molecular flexibility index (Phi) is 4.47. The molecule has 0 aliphatic rings. The van der Waals surface area contributed by atoms with Crippen LogP contribution in [0.3, 0.4) is 0 Å². The largest absolute Gasteiger partial charge is 0.477 e. The number of carboxylic acid groups (broad SMARTS) is 1. The molecule has 0 bridgehead atoms. The predicted octanol–water partition coefficient (Wildman–Crippen LogP) is 4.71. The van der Waals surface area contributed by atoms with Crippen LogP contribution >= 0.6 is 23.1 Å². The zero-order valence-electron chi connectivity index (χ0n) is 13.1. The van der Waals surface area contributed by atoms with Gasteiger partial charge in [0, 0.05) is 28.6 Å². The minimum atomic E-state index is -1.04. The van der Waals surface area contributed by atoms with E-state index in [1.165, 1.54) is 14.3 Å². The summed E-state index contributed by atoms with van der Waals surface area (Å²) >= 11 is 3.38. The number of thioether (sulfide) groups is 1. The van der Waals surface area contributed by atoms with E-state index in [4.69, 9.17) is 0 Å². The van der Waals surface area contributed by atoms with Crippen LogP contribution in [0.25, 0.3) is 21.6 Å². The summed E-state index contributed by atoms with van der Waals surface area (Å²) in [6.07, 6.45) is 3.60. The van der Waals surface area contributed by atoms with E-state index in [-0.39, 0.29) is 5.69 Å². The first-order chi connectivity index (χ1) is 11.6. The van der Waals surface area contributed by atoms with Gasteiger partial charge in [-0.1, -0.05) is 24.3 Å². The molecule has 2 aromatic heterocycles. The maximum atomic E-state index is 11.6. The van der Waals surface area contributed by atoms with E-state index >= 15 is 0 Å². The Balaban J connectivity index is 2.10. The number of carbonyl (C=O) groups is 1. The molecule has 24 heavy (non-hydrogen) atoms. The third-order valence-electron chi connectivity index (χ3n) is 3.79. The van der Waals surface area contributed by atoms with Crippen LogP contribution in [0.1, 0.15) is 16.1 Å². The van der Waals surface area contributed by atoms with Crippen LogP contribution < -0.4 is 0 Å². The second-order valence-corrected chi connectivity index (χ2v) is 6.95. The molecule has 1 aromatic carbocycles. The summed E-state index contributed by atoms with van der Waals surface area (Å²) < 4.78 is 1.48. The molecule has 2 heterocycles. The molecule has 0 aliphatic heterocycles. The van der Waals surface area contributed by atoms with Crippen molar-refractivity contribution in [3.05, 3.63) is 53.2 Å². The van der Waals surface area contributed by atoms with E-state index in [0.29, 0.717) is 11.1 Å². The molecule has 120 valence electrons. The first kappa shape index (κ1) is 16.4. The van der Waals surface area contributed by atoms with Gasteiger partial charge in [-0.2, -0.15) is 5.26 Å². The number of aromatic carboxylic acids is 1. The van der Waals surface area contributed by atoms with Gasteiger partial charge in [-0.25, -0.2) is 4.79 Å². The number of aromatic nitrogens is 1. The monoisotopic (exact) mass is 354 g/mol. The number of aryl methyl sites for hydroxylation is 1. The molecule has 3 aromatic rings. The van der Waals surface area contributed by atoms with Gasteiger partial charge in [0.1, 0.15) is 11.8 Å². The van der Waals surface area contributed by atoms with E-state index in [1.807, 2.05) is 30.5 Å². The summed E-state index contributed by atoms with van der Waals surface area (Å²) in [6, 6.07) is 11.9. The maximum absolute atomic E-state index is 11.6. The fourth-order valence-corrected chi connectivity index (χ4v) is 4.50. The number of nitriles is 1. The van der Waals surface area contributed by atoms with Crippen molar-refractivity contribution in [1.82, 2.24) is 4.57 Å². The van der Waals surface area contributed by atoms with Crippen molar-refractivity contribution < 1.29 is 9.90 Å². The molecule has 0 saturated carbocycles. The Labute approximate surface area is 148 Å². The average molecular weight is 354 g/mol. The van der Waals surface area contributed by atoms with Crippen LogP contribution in [0, 0.1) is 11.3 Å². The molecule has 0 atom stereocenters. The van der Waals surface area contributed by atoms with Gasteiger partial charge in [0.15, 0.2) is 0 Å². The Morgan fingerprint density at radius 1 is 1.25 bits per heavy atom. The zero-order valence-corrected chi connectivity index (χ0v) is 14.7. The van der Waals surface area contributed by atoms with Gasteiger partial charge in [-0.3, -0.25) is 0 Å². The molecule has 4 nitrogen and oxygen atoms in total. The SMILES string of the molecule is CSc1ccsc1-c1ccc(-c2c(C#N)cn(C)c2C(=O)O)cc1. The molecule has 0 radical (unpaired) electrons. The summed E-state index contributed by atoms with van der Waals surface area (Å²) in [5.41, 5.74) is 2.78. The van der Waals surface area contributed by atoms with Gasteiger partial charge in [0.2, 0.25) is 0 Å². The van der Waals surface area contributed by atoms with Gasteiger partial charge in [0.05, 0.1) is 5.56 Å². The number of hydrogen-bond donors (Lipinski definition) is 1. The fraction of sp³-hybridized carbons (Fsp3) is 0.111. The lowest BCUT2D eigenvalue weighted by atomic mass is 10.00. The third-order valence-corrected chi connectivity index (χ3v) is 5.66. The van der Waals surface area contributed by atoms with Gasteiger partial charge >= 0.3 is 5.97 Å². The molecule has 1 N–H and O–H groups in total. The van der Waals surface area contributed by atoms with Crippen molar-refractivity contribution in [2.24, 2.45) is 7.05 Å². The predicted molar refractivity (Wildman–Crippen MR) is 97.6 cm³/mol. The standard InChI is InChI=1S/C18H14N2O2S2/c1-20-10-13(9-19)15(16(20)18(21)22)11-3-5-12(6-4-11)17-14(23-2)7-8-24-17/h3-8,10H,1-2H3,(H,21,22). The molecule has 0 unspecified atom stereocenters. The molecule has 0 fully saturated rings. The quantitative estimate of drug-likeness (QED) is 0.689. The van der Waals surface area contributed by atoms with Crippen molar-refractivity contribution in [3.63, 3.8) is 0 Å². The van der Waals surface area contributed by atoms with Crippen LogP contribution in [0.2, 0.25) is 0 Å². The maximum Gasteiger partial charge on any atom is 0.353 e.